The molecule has 94 heavy (non-hydrogen) atoms. The number of phenols is 1. The second-order valence-corrected chi connectivity index (χ2v) is 31.2. The Bertz CT molecular complexity index is 3950. The first-order valence-corrected chi connectivity index (χ1v) is 37.8. The van der Waals surface area contributed by atoms with Gasteiger partial charge in [0.25, 0.3) is 10.1 Å². The summed E-state index contributed by atoms with van der Waals surface area (Å²) < 4.78 is 87.2. The average Bonchev–Trinajstić information content (AvgIpc) is 1.53. The first-order chi connectivity index (χ1) is 44.6. The lowest BCUT2D eigenvalue weighted by Gasteiger charge is -2.42. The molecule has 11 N–H and O–H groups in total. The van der Waals surface area contributed by atoms with E-state index in [-0.39, 0.29) is 39.3 Å². The van der Waals surface area contributed by atoms with E-state index in [0.29, 0.717) is 64.1 Å². The molecule has 0 aliphatic carbocycles. The number of nitrogens with two attached hydrogens (primary N) is 1. The van der Waals surface area contributed by atoms with Gasteiger partial charge in [-0.2, -0.15) is 8.42 Å². The predicted octanol–water partition coefficient (Wildman–Crippen LogP) is 8.20. The van der Waals surface area contributed by atoms with Gasteiger partial charge in [-0.15, -0.1) is 23.5 Å². The van der Waals surface area contributed by atoms with Gasteiger partial charge in [-0.1, -0.05) is 157 Å². The first kappa shape index (κ1) is 74.3. The fraction of sp³-hybridized carbons (Fsp3) is 0.397. The molecule has 0 bridgehead atoms. The highest BCUT2D eigenvalue weighted by Gasteiger charge is 2.55. The number of aliphatic hydroxyl groups excluding tert-OH is 2. The molecule has 6 aromatic carbocycles. The molecular formula is C68H83N5O16S5. The maximum Gasteiger partial charge on any atom is 0.322 e. The Hall–Kier alpha value is -7.14. The largest absolute Gasteiger partial charge is 0.508 e. The van der Waals surface area contributed by atoms with Crippen molar-refractivity contribution in [3.05, 3.63) is 185 Å². The predicted molar refractivity (Wildman–Crippen MR) is 361 cm³/mol. The Balaban J connectivity index is 0.000000266. The number of amides is 4. The van der Waals surface area contributed by atoms with Crippen LogP contribution in [0.25, 0.3) is 0 Å². The molecule has 4 amide bonds. The number of carbonyl (C=O) groups excluding carboxylic acids is 4. The number of aliphatic carboxylic acids is 1. The minimum Gasteiger partial charge on any atom is -0.508 e. The lowest BCUT2D eigenvalue weighted by atomic mass is 9.68. The van der Waals surface area contributed by atoms with Crippen LogP contribution in [-0.4, -0.2) is 134 Å². The van der Waals surface area contributed by atoms with Gasteiger partial charge < -0.3 is 47.4 Å². The van der Waals surface area contributed by atoms with E-state index in [0.717, 1.165) is 53.9 Å². The summed E-state index contributed by atoms with van der Waals surface area (Å²) in [6.45, 7) is 6.86. The Kier molecular flexibility index (Phi) is 26.1. The Morgan fingerprint density at radius 1 is 0.617 bits per heavy atom. The number of thioether (sulfide) groups is 2. The van der Waals surface area contributed by atoms with Crippen LogP contribution in [0.3, 0.4) is 0 Å². The minimum atomic E-state index is -4.32. The number of phenolic OH excluding ortho intramolecular Hbond substituents is 1. The van der Waals surface area contributed by atoms with Gasteiger partial charge in [0, 0.05) is 39.0 Å². The topological polar surface area (TPSA) is 363 Å². The number of carboxylic acid groups (broad SMARTS) is 1. The van der Waals surface area contributed by atoms with Crippen LogP contribution in [0.15, 0.2) is 171 Å². The van der Waals surface area contributed by atoms with Gasteiger partial charge >= 0.3 is 5.97 Å². The van der Waals surface area contributed by atoms with Crippen molar-refractivity contribution >= 4 is 82.9 Å². The van der Waals surface area contributed by atoms with Crippen LogP contribution in [0.1, 0.15) is 136 Å². The summed E-state index contributed by atoms with van der Waals surface area (Å²) in [5.74, 6) is -6.18. The third-order valence-electron chi connectivity index (χ3n) is 17.5. The lowest BCUT2D eigenvalue weighted by Crippen LogP contribution is -2.53. The van der Waals surface area contributed by atoms with Crippen LogP contribution < -0.4 is 27.0 Å². The molecule has 26 heteroatoms. The number of unbranched alkanes of at least 4 members (excludes halogenated alkanes) is 2. The van der Waals surface area contributed by atoms with Gasteiger partial charge in [-0.3, -0.25) is 28.5 Å². The number of aliphatic hydroxyl groups is 2. The van der Waals surface area contributed by atoms with Gasteiger partial charge in [-0.25, -0.2) is 16.8 Å². The highest BCUT2D eigenvalue weighted by molar-refractivity contribution is 8.00. The van der Waals surface area contributed by atoms with E-state index in [1.807, 2.05) is 88.4 Å². The third-order valence-corrected chi connectivity index (χ3v) is 24.3. The van der Waals surface area contributed by atoms with E-state index < -0.39 is 124 Å². The zero-order valence-corrected chi connectivity index (χ0v) is 56.8. The van der Waals surface area contributed by atoms with Crippen molar-refractivity contribution in [3.8, 4) is 5.75 Å². The molecule has 0 aromatic heterocycles. The van der Waals surface area contributed by atoms with E-state index in [9.17, 15) is 64.5 Å². The second-order valence-electron chi connectivity index (χ2n) is 23.6. The second kappa shape index (κ2) is 33.0. The highest BCUT2D eigenvalue weighted by atomic mass is 32.2. The summed E-state index contributed by atoms with van der Waals surface area (Å²) in [7, 11) is -12.2. The van der Waals surface area contributed by atoms with Crippen LogP contribution in [0, 0.1) is 10.8 Å². The molecule has 8 rings (SSSR count). The molecule has 7 unspecified atom stereocenters. The third kappa shape index (κ3) is 18.2. The van der Waals surface area contributed by atoms with Crippen molar-refractivity contribution in [3.63, 3.8) is 0 Å². The Labute approximate surface area is 558 Å². The molecular weight excluding hydrogens is 1300 g/mol. The molecule has 506 valence electrons. The standard InChI is InChI=1S/C34H41N3O7S2.C34H42N2O9S3/c1-3-5-18-34(4-2)31(41)29(22-12-8-6-9-13-22)25-19-24(16-17-26(25)46(43,44)33(34)35)45-21-27(38)37-30(23-14-10-7-11-15-23)32(42)36-20-28(39)40;1-3-5-17-34(4-2)22-47(41,42)28-16-15-26(20-27(28)30(32(34)39)23-9-7-6-8-10-23)46-21-29(38)36-31(24-11-13-25(37)14-12-24)33(40)35-18-19-48(43,44)45/h6-17,19,29-31,33,41H,3-5,18,20-21,35H2,1-2H3,(H,36,42)(H,37,38)(H,39,40);6-16,20,30-32,37,39H,3-5,17-19,21-22H2,1-2H3,(H,35,40)(H,36,38)(H,43,44,45)/t29?,30-,31?,33?,34?;30?,31-,32?,34?/m11/s1. The van der Waals surface area contributed by atoms with Crippen molar-refractivity contribution in [1.29, 1.82) is 0 Å². The Morgan fingerprint density at radius 2 is 1.09 bits per heavy atom. The number of rotatable bonds is 27. The molecule has 2 heterocycles. The molecule has 0 saturated carbocycles. The van der Waals surface area contributed by atoms with Crippen molar-refractivity contribution in [2.75, 3.05) is 36.1 Å². The molecule has 2 aliphatic heterocycles. The molecule has 2 aliphatic rings. The van der Waals surface area contributed by atoms with Crippen LogP contribution >= 0.6 is 23.5 Å². The average molecular weight is 1390 g/mol. The van der Waals surface area contributed by atoms with Gasteiger partial charge in [-0.05, 0) is 108 Å². The first-order valence-electron chi connectivity index (χ1n) is 31.0. The van der Waals surface area contributed by atoms with Crippen molar-refractivity contribution in [2.45, 2.75) is 140 Å². The minimum absolute atomic E-state index is 0.0585. The summed E-state index contributed by atoms with van der Waals surface area (Å²) in [4.78, 5) is 64.5. The number of benzene rings is 6. The number of hydrogen-bond donors (Lipinski definition) is 10. The number of carboxylic acids is 1. The molecule has 21 nitrogen and oxygen atoms in total. The summed E-state index contributed by atoms with van der Waals surface area (Å²) in [5.41, 5.74) is 7.90. The maximum absolute atomic E-state index is 14.1. The van der Waals surface area contributed by atoms with Crippen LogP contribution in [-0.2, 0) is 53.8 Å². The summed E-state index contributed by atoms with van der Waals surface area (Å²) >= 11 is 2.27. The van der Waals surface area contributed by atoms with Gasteiger partial charge in [0.2, 0.25) is 23.6 Å². The summed E-state index contributed by atoms with van der Waals surface area (Å²) in [6, 6.07) is 40.0. The Morgan fingerprint density at radius 3 is 1.57 bits per heavy atom. The maximum atomic E-state index is 14.1. The number of carbonyl (C=O) groups is 5. The number of hydrogen-bond acceptors (Lipinski definition) is 17. The monoisotopic (exact) mass is 1390 g/mol. The van der Waals surface area contributed by atoms with E-state index in [1.165, 1.54) is 30.3 Å². The fourth-order valence-electron chi connectivity index (χ4n) is 12.4. The fourth-order valence-corrected chi connectivity index (χ4v) is 18.6. The van der Waals surface area contributed by atoms with Crippen LogP contribution in [0.5, 0.6) is 5.75 Å². The van der Waals surface area contributed by atoms with Gasteiger partial charge in [0.15, 0.2) is 19.7 Å². The summed E-state index contributed by atoms with van der Waals surface area (Å²) in [6.07, 6.45) is 2.94. The zero-order valence-electron chi connectivity index (χ0n) is 52.7. The van der Waals surface area contributed by atoms with Gasteiger partial charge in [0.1, 0.15) is 29.8 Å². The van der Waals surface area contributed by atoms with E-state index in [4.69, 9.17) is 15.4 Å². The molecule has 0 fully saturated rings. The molecule has 0 saturated heterocycles. The molecule has 0 radical (unpaired) electrons. The highest BCUT2D eigenvalue weighted by Crippen LogP contribution is 2.52. The molecule has 0 spiro atoms. The summed E-state index contributed by atoms with van der Waals surface area (Å²) in [5, 5.41) is 51.6. The molecule has 6 aromatic rings. The SMILES string of the molecule is CCCCC1(CC)C(O)C(c2ccccc2)c2cc(SCC(=O)N[C@@H](C(=O)NCC(=O)O)c3ccccc3)ccc2S(=O)(=O)C1N.CCCCC1(CC)CS(=O)(=O)c2ccc(SCC(=O)N[C@@H](C(=O)NCCS(=O)(=O)O)c3ccc(O)cc3)cc2C(c2ccccc2)C1O. The zero-order chi connectivity index (χ0) is 68.6. The van der Waals surface area contributed by atoms with Crippen molar-refractivity contribution in [2.24, 2.45) is 16.6 Å². The number of sulfone groups is 2. The van der Waals surface area contributed by atoms with Crippen molar-refractivity contribution in [1.82, 2.24) is 21.3 Å². The quantitative estimate of drug-likeness (QED) is 0.0171. The van der Waals surface area contributed by atoms with Crippen molar-refractivity contribution < 1.29 is 74.2 Å². The van der Waals surface area contributed by atoms with Crippen LogP contribution in [0.2, 0.25) is 0 Å². The number of aromatic hydroxyl groups is 1. The smallest absolute Gasteiger partial charge is 0.322 e. The van der Waals surface area contributed by atoms with E-state index in [1.54, 1.807) is 60.7 Å². The molecule has 9 atom stereocenters. The van der Waals surface area contributed by atoms with E-state index >= 15 is 0 Å². The van der Waals surface area contributed by atoms with Crippen LogP contribution in [0.4, 0.5) is 0 Å². The van der Waals surface area contributed by atoms with Gasteiger partial charge in [0.05, 0.1) is 45.0 Å². The number of fused-ring (bicyclic) bond motifs is 2. The normalized spacial score (nSPS) is 21.8. The van der Waals surface area contributed by atoms with E-state index in [2.05, 4.69) is 21.3 Å². The number of nitrogens with one attached hydrogen (secondary N) is 4. The lowest BCUT2D eigenvalue weighted by molar-refractivity contribution is -0.138.